The molecule has 112 valence electrons. The molecule has 2 aliphatic heterocycles. The molecule has 3 rings (SSSR count). The van der Waals surface area contributed by atoms with Crippen LogP contribution in [0.3, 0.4) is 0 Å². The van der Waals surface area contributed by atoms with Crippen molar-refractivity contribution >= 4 is 23.2 Å². The molecule has 2 aliphatic rings. The predicted molar refractivity (Wildman–Crippen MR) is 83.3 cm³/mol. The standard InChI is InChI=1S/C17H22N2O2/c1-11(2)17(3)10-15(20)19(16(17)21)13-6-7-14-12(9-13)5-4-8-18-14/h6-7,9,11,18H,4-5,8,10H2,1-3H3. The van der Waals surface area contributed by atoms with E-state index in [1.54, 1.807) is 0 Å². The Bertz CT molecular complexity index is 609. The van der Waals surface area contributed by atoms with Crippen molar-refractivity contribution in [3.8, 4) is 0 Å². The van der Waals surface area contributed by atoms with E-state index < -0.39 is 5.41 Å². The number of carbonyl (C=O) groups is 2. The highest BCUT2D eigenvalue weighted by Crippen LogP contribution is 2.42. The van der Waals surface area contributed by atoms with E-state index in [2.05, 4.69) is 5.32 Å². The zero-order chi connectivity index (χ0) is 15.2. The second-order valence-corrected chi connectivity index (χ2v) is 6.66. The van der Waals surface area contributed by atoms with Crippen LogP contribution in [-0.2, 0) is 16.0 Å². The molecule has 21 heavy (non-hydrogen) atoms. The summed E-state index contributed by atoms with van der Waals surface area (Å²) >= 11 is 0. The van der Waals surface area contributed by atoms with Crippen LogP contribution in [0, 0.1) is 11.3 Å². The normalized spacial score (nSPS) is 25.2. The van der Waals surface area contributed by atoms with Gasteiger partial charge in [-0.2, -0.15) is 0 Å². The van der Waals surface area contributed by atoms with Crippen molar-refractivity contribution in [1.29, 1.82) is 0 Å². The van der Waals surface area contributed by atoms with Crippen molar-refractivity contribution < 1.29 is 9.59 Å². The highest BCUT2D eigenvalue weighted by Gasteiger charge is 2.50. The second kappa shape index (κ2) is 4.86. The molecule has 0 bridgehead atoms. The number of benzene rings is 1. The zero-order valence-electron chi connectivity index (χ0n) is 12.9. The molecule has 1 aromatic rings. The second-order valence-electron chi connectivity index (χ2n) is 6.66. The molecule has 0 aliphatic carbocycles. The van der Waals surface area contributed by atoms with E-state index in [4.69, 9.17) is 0 Å². The van der Waals surface area contributed by atoms with Crippen LogP contribution in [0.2, 0.25) is 0 Å². The van der Waals surface area contributed by atoms with E-state index in [0.29, 0.717) is 6.42 Å². The van der Waals surface area contributed by atoms with Crippen LogP contribution in [0.15, 0.2) is 18.2 Å². The van der Waals surface area contributed by atoms with Gasteiger partial charge < -0.3 is 5.32 Å². The molecule has 1 saturated heterocycles. The van der Waals surface area contributed by atoms with Crippen molar-refractivity contribution in [2.24, 2.45) is 11.3 Å². The van der Waals surface area contributed by atoms with Crippen LogP contribution >= 0.6 is 0 Å². The molecule has 1 atom stereocenters. The minimum absolute atomic E-state index is 0.0637. The van der Waals surface area contributed by atoms with Crippen LogP contribution in [0.4, 0.5) is 11.4 Å². The monoisotopic (exact) mass is 286 g/mol. The lowest BCUT2D eigenvalue weighted by Gasteiger charge is -2.26. The molecule has 0 radical (unpaired) electrons. The van der Waals surface area contributed by atoms with Crippen molar-refractivity contribution in [3.05, 3.63) is 23.8 Å². The molecule has 4 heteroatoms. The Morgan fingerprint density at radius 2 is 2.05 bits per heavy atom. The Hall–Kier alpha value is -1.84. The number of nitrogens with zero attached hydrogens (tertiary/aromatic N) is 1. The number of nitrogens with one attached hydrogen (secondary N) is 1. The van der Waals surface area contributed by atoms with Gasteiger partial charge in [0.25, 0.3) is 0 Å². The summed E-state index contributed by atoms with van der Waals surface area (Å²) in [6, 6.07) is 5.85. The fourth-order valence-corrected chi connectivity index (χ4v) is 3.15. The van der Waals surface area contributed by atoms with Gasteiger partial charge in [-0.1, -0.05) is 13.8 Å². The molecule has 0 saturated carbocycles. The number of anilines is 2. The third-order valence-electron chi connectivity index (χ3n) is 5.02. The number of rotatable bonds is 2. The third kappa shape index (κ3) is 2.13. The van der Waals surface area contributed by atoms with Gasteiger partial charge in [-0.3, -0.25) is 14.5 Å². The summed E-state index contributed by atoms with van der Waals surface area (Å²) in [5.74, 6) is 0.00406. The Morgan fingerprint density at radius 1 is 1.29 bits per heavy atom. The lowest BCUT2D eigenvalue weighted by atomic mass is 9.78. The maximum Gasteiger partial charge on any atom is 0.240 e. The number of aryl methyl sites for hydroxylation is 1. The summed E-state index contributed by atoms with van der Waals surface area (Å²) in [5, 5.41) is 3.35. The number of hydrogen-bond acceptors (Lipinski definition) is 3. The lowest BCUT2D eigenvalue weighted by molar-refractivity contribution is -0.126. The SMILES string of the molecule is CC(C)C1(C)CC(=O)N(c2ccc3c(c2)CCCN3)C1=O. The van der Waals surface area contributed by atoms with E-state index in [1.807, 2.05) is 39.0 Å². The van der Waals surface area contributed by atoms with Crippen LogP contribution < -0.4 is 10.2 Å². The van der Waals surface area contributed by atoms with Gasteiger partial charge in [0.05, 0.1) is 11.1 Å². The first kappa shape index (κ1) is 14.1. The smallest absolute Gasteiger partial charge is 0.240 e. The first-order valence-electron chi connectivity index (χ1n) is 7.67. The Labute approximate surface area is 125 Å². The quantitative estimate of drug-likeness (QED) is 0.850. The van der Waals surface area contributed by atoms with Gasteiger partial charge in [0, 0.05) is 18.7 Å². The summed E-state index contributed by atoms with van der Waals surface area (Å²) in [7, 11) is 0. The summed E-state index contributed by atoms with van der Waals surface area (Å²) in [6.07, 6.45) is 2.38. The lowest BCUT2D eigenvalue weighted by Crippen LogP contribution is -2.37. The third-order valence-corrected chi connectivity index (χ3v) is 5.02. The van der Waals surface area contributed by atoms with Crippen LogP contribution in [0.5, 0.6) is 0 Å². The van der Waals surface area contributed by atoms with Crippen molar-refractivity contribution in [2.45, 2.75) is 40.0 Å². The minimum Gasteiger partial charge on any atom is -0.385 e. The predicted octanol–water partition coefficient (Wildman–Crippen LogP) is 2.97. The maximum absolute atomic E-state index is 12.7. The minimum atomic E-state index is -0.578. The van der Waals surface area contributed by atoms with E-state index in [0.717, 1.165) is 30.8 Å². The summed E-state index contributed by atoms with van der Waals surface area (Å²) in [5.41, 5.74) is 2.45. The molecular formula is C17H22N2O2. The first-order valence-corrected chi connectivity index (χ1v) is 7.67. The van der Waals surface area contributed by atoms with Gasteiger partial charge in [0.15, 0.2) is 0 Å². The molecule has 1 N–H and O–H groups in total. The molecule has 1 fully saturated rings. The van der Waals surface area contributed by atoms with E-state index in [1.165, 1.54) is 10.5 Å². The molecule has 1 aromatic carbocycles. The highest BCUT2D eigenvalue weighted by atomic mass is 16.2. The van der Waals surface area contributed by atoms with Gasteiger partial charge in [0.1, 0.15) is 0 Å². The Kier molecular flexibility index (Phi) is 3.27. The first-order chi connectivity index (χ1) is 9.93. The molecule has 0 spiro atoms. The Morgan fingerprint density at radius 3 is 2.71 bits per heavy atom. The molecule has 0 aromatic heterocycles. The average molecular weight is 286 g/mol. The molecule has 4 nitrogen and oxygen atoms in total. The molecule has 2 amide bonds. The topological polar surface area (TPSA) is 49.4 Å². The summed E-state index contributed by atoms with van der Waals surface area (Å²) in [4.78, 5) is 26.5. The van der Waals surface area contributed by atoms with Crippen LogP contribution in [0.25, 0.3) is 0 Å². The van der Waals surface area contributed by atoms with E-state index >= 15 is 0 Å². The van der Waals surface area contributed by atoms with Gasteiger partial charge in [-0.25, -0.2) is 0 Å². The number of fused-ring (bicyclic) bond motifs is 1. The maximum atomic E-state index is 12.7. The largest absolute Gasteiger partial charge is 0.385 e. The van der Waals surface area contributed by atoms with Crippen molar-refractivity contribution in [3.63, 3.8) is 0 Å². The van der Waals surface area contributed by atoms with Crippen LogP contribution in [-0.4, -0.2) is 18.4 Å². The Balaban J connectivity index is 1.97. The molecular weight excluding hydrogens is 264 g/mol. The highest BCUT2D eigenvalue weighted by molar-refractivity contribution is 6.22. The average Bonchev–Trinajstić information content (AvgIpc) is 2.69. The molecule has 2 heterocycles. The number of hydrogen-bond donors (Lipinski definition) is 1. The molecule has 1 unspecified atom stereocenters. The zero-order valence-corrected chi connectivity index (χ0v) is 12.9. The van der Waals surface area contributed by atoms with Gasteiger partial charge >= 0.3 is 0 Å². The summed E-state index contributed by atoms with van der Waals surface area (Å²) < 4.78 is 0. The fraction of sp³-hybridized carbons (Fsp3) is 0.529. The fourth-order valence-electron chi connectivity index (χ4n) is 3.15. The van der Waals surface area contributed by atoms with Gasteiger partial charge in [-0.05, 0) is 49.4 Å². The van der Waals surface area contributed by atoms with Crippen LogP contribution in [0.1, 0.15) is 39.2 Å². The van der Waals surface area contributed by atoms with Crippen molar-refractivity contribution in [2.75, 3.05) is 16.8 Å². The van der Waals surface area contributed by atoms with Gasteiger partial charge in [-0.15, -0.1) is 0 Å². The van der Waals surface area contributed by atoms with Crippen molar-refractivity contribution in [1.82, 2.24) is 0 Å². The number of imide groups is 1. The summed E-state index contributed by atoms with van der Waals surface area (Å²) in [6.45, 7) is 6.90. The van der Waals surface area contributed by atoms with E-state index in [-0.39, 0.29) is 17.7 Å². The number of carbonyl (C=O) groups excluding carboxylic acids is 2. The number of amides is 2. The van der Waals surface area contributed by atoms with E-state index in [9.17, 15) is 9.59 Å². The van der Waals surface area contributed by atoms with Gasteiger partial charge in [0.2, 0.25) is 11.8 Å².